The van der Waals surface area contributed by atoms with Crippen LogP contribution in [-0.2, 0) is 4.79 Å². The van der Waals surface area contributed by atoms with E-state index in [9.17, 15) is 14.7 Å². The van der Waals surface area contributed by atoms with Crippen LogP contribution in [0.5, 0.6) is 0 Å². The molecule has 1 aliphatic carbocycles. The van der Waals surface area contributed by atoms with Crippen molar-refractivity contribution < 1.29 is 14.7 Å². The van der Waals surface area contributed by atoms with Crippen LogP contribution in [0.15, 0.2) is 0 Å². The molecule has 1 atom stereocenters. The Hall–Kier alpha value is -1.30. The molecule has 2 N–H and O–H groups in total. The predicted octanol–water partition coefficient (Wildman–Crippen LogP) is 1.37. The summed E-state index contributed by atoms with van der Waals surface area (Å²) in [5.74, 6) is -0.769. The van der Waals surface area contributed by atoms with Crippen LogP contribution in [0.3, 0.4) is 0 Å². The zero-order valence-corrected chi connectivity index (χ0v) is 13.1. The van der Waals surface area contributed by atoms with Gasteiger partial charge in [-0.05, 0) is 26.8 Å². The zero-order chi connectivity index (χ0) is 15.5. The summed E-state index contributed by atoms with van der Waals surface area (Å²) in [5, 5.41) is 12.4. The lowest BCUT2D eigenvalue weighted by atomic mass is 9.74. The van der Waals surface area contributed by atoms with Gasteiger partial charge in [0.2, 0.25) is 0 Å². The maximum atomic E-state index is 12.3. The van der Waals surface area contributed by atoms with Gasteiger partial charge < -0.3 is 20.2 Å². The van der Waals surface area contributed by atoms with E-state index in [1.807, 2.05) is 0 Å². The van der Waals surface area contributed by atoms with E-state index in [1.165, 1.54) is 0 Å². The van der Waals surface area contributed by atoms with Crippen LogP contribution in [0.25, 0.3) is 0 Å². The van der Waals surface area contributed by atoms with Crippen LogP contribution >= 0.6 is 0 Å². The van der Waals surface area contributed by atoms with E-state index in [2.05, 4.69) is 24.2 Å². The Morgan fingerprint density at radius 3 is 2.48 bits per heavy atom. The van der Waals surface area contributed by atoms with Crippen molar-refractivity contribution in [3.05, 3.63) is 0 Å². The number of amides is 2. The van der Waals surface area contributed by atoms with Crippen LogP contribution in [0.1, 0.15) is 39.0 Å². The second-order valence-corrected chi connectivity index (χ2v) is 6.58. The Labute approximate surface area is 126 Å². The van der Waals surface area contributed by atoms with Gasteiger partial charge in [0, 0.05) is 32.2 Å². The first kappa shape index (κ1) is 16.1. The normalized spacial score (nSPS) is 26.4. The fourth-order valence-corrected chi connectivity index (χ4v) is 3.28. The number of nitrogens with zero attached hydrogens (tertiary/aromatic N) is 2. The molecule has 0 bridgehead atoms. The summed E-state index contributed by atoms with van der Waals surface area (Å²) in [7, 11) is 2.06. The van der Waals surface area contributed by atoms with Gasteiger partial charge in [0.1, 0.15) is 0 Å². The zero-order valence-electron chi connectivity index (χ0n) is 13.1. The third-order valence-electron chi connectivity index (χ3n) is 5.09. The van der Waals surface area contributed by atoms with E-state index in [0.29, 0.717) is 32.0 Å². The Bertz CT molecular complexity index is 394. The minimum atomic E-state index is -0.769. The van der Waals surface area contributed by atoms with Crippen molar-refractivity contribution in [2.75, 3.05) is 33.2 Å². The third-order valence-corrected chi connectivity index (χ3v) is 5.09. The molecular weight excluding hydrogens is 270 g/mol. The second kappa shape index (κ2) is 6.64. The lowest BCUT2D eigenvalue weighted by molar-refractivity contribution is -0.150. The average Bonchev–Trinajstić information content (AvgIpc) is 2.48. The van der Waals surface area contributed by atoms with Crippen molar-refractivity contribution in [1.29, 1.82) is 0 Å². The van der Waals surface area contributed by atoms with Gasteiger partial charge in [-0.15, -0.1) is 0 Å². The first-order valence-electron chi connectivity index (χ1n) is 7.91. The number of piperazine rings is 1. The molecule has 120 valence electrons. The molecule has 21 heavy (non-hydrogen) atoms. The molecule has 0 radical (unpaired) electrons. The molecule has 0 aromatic heterocycles. The molecule has 1 aliphatic heterocycles. The molecule has 0 spiro atoms. The maximum absolute atomic E-state index is 12.3. The monoisotopic (exact) mass is 297 g/mol. The Kier molecular flexibility index (Phi) is 5.08. The van der Waals surface area contributed by atoms with E-state index in [0.717, 1.165) is 25.8 Å². The van der Waals surface area contributed by atoms with Crippen molar-refractivity contribution in [3.8, 4) is 0 Å². The second-order valence-electron chi connectivity index (χ2n) is 6.58. The van der Waals surface area contributed by atoms with Crippen molar-refractivity contribution in [1.82, 2.24) is 15.1 Å². The number of carbonyl (C=O) groups excluding carboxylic acids is 1. The molecule has 2 amide bonds. The first-order valence-corrected chi connectivity index (χ1v) is 7.91. The van der Waals surface area contributed by atoms with Gasteiger partial charge in [0.15, 0.2) is 0 Å². The van der Waals surface area contributed by atoms with Gasteiger partial charge in [0.05, 0.1) is 5.41 Å². The highest BCUT2D eigenvalue weighted by Crippen LogP contribution is 2.36. The van der Waals surface area contributed by atoms with Crippen molar-refractivity contribution in [3.63, 3.8) is 0 Å². The van der Waals surface area contributed by atoms with Crippen LogP contribution < -0.4 is 5.32 Å². The van der Waals surface area contributed by atoms with Crippen LogP contribution in [0, 0.1) is 5.41 Å². The van der Waals surface area contributed by atoms with Crippen molar-refractivity contribution in [2.45, 2.75) is 45.1 Å². The Balaban J connectivity index is 1.89. The number of hydrogen-bond donors (Lipinski definition) is 2. The summed E-state index contributed by atoms with van der Waals surface area (Å²) in [5.41, 5.74) is -0.758. The topological polar surface area (TPSA) is 72.9 Å². The first-order chi connectivity index (χ1) is 9.94. The molecule has 1 saturated carbocycles. The third kappa shape index (κ3) is 3.67. The summed E-state index contributed by atoms with van der Waals surface area (Å²) in [4.78, 5) is 27.9. The molecule has 1 saturated heterocycles. The van der Waals surface area contributed by atoms with Gasteiger partial charge in [-0.2, -0.15) is 0 Å². The molecule has 1 heterocycles. The summed E-state index contributed by atoms with van der Waals surface area (Å²) in [6.45, 7) is 4.61. The molecule has 6 heteroatoms. The molecule has 2 fully saturated rings. The Morgan fingerprint density at radius 1 is 1.24 bits per heavy atom. The van der Waals surface area contributed by atoms with Gasteiger partial charge in [0.25, 0.3) is 0 Å². The minimum Gasteiger partial charge on any atom is -0.481 e. The maximum Gasteiger partial charge on any atom is 0.317 e. The standard InChI is InChI=1S/C15H27N3O3/c1-12-10-18(9-8-17(12)2)14(21)16-11-15(13(19)20)6-4-3-5-7-15/h12H,3-11H2,1-2H3,(H,16,21)(H,19,20). The summed E-state index contributed by atoms with van der Waals surface area (Å²) in [6, 6.07) is 0.216. The predicted molar refractivity (Wildman–Crippen MR) is 80.2 cm³/mol. The smallest absolute Gasteiger partial charge is 0.317 e. The molecular formula is C15H27N3O3. The molecule has 2 aliphatic rings. The number of carboxylic acids is 1. The number of carbonyl (C=O) groups is 2. The molecule has 0 aromatic carbocycles. The highest BCUT2D eigenvalue weighted by atomic mass is 16.4. The lowest BCUT2D eigenvalue weighted by Gasteiger charge is -2.39. The Morgan fingerprint density at radius 2 is 1.90 bits per heavy atom. The fraction of sp³-hybridized carbons (Fsp3) is 0.867. The highest BCUT2D eigenvalue weighted by molar-refractivity contribution is 5.78. The van der Waals surface area contributed by atoms with E-state index >= 15 is 0 Å². The van der Waals surface area contributed by atoms with Crippen molar-refractivity contribution >= 4 is 12.0 Å². The van der Waals surface area contributed by atoms with Gasteiger partial charge in [-0.1, -0.05) is 19.3 Å². The number of urea groups is 1. The largest absolute Gasteiger partial charge is 0.481 e. The molecule has 1 unspecified atom stereocenters. The van der Waals surface area contributed by atoms with E-state index < -0.39 is 11.4 Å². The van der Waals surface area contributed by atoms with Crippen LogP contribution in [-0.4, -0.2) is 66.2 Å². The average molecular weight is 297 g/mol. The summed E-state index contributed by atoms with van der Waals surface area (Å²) in [6.07, 6.45) is 4.31. The number of hydrogen-bond acceptors (Lipinski definition) is 3. The fourth-order valence-electron chi connectivity index (χ4n) is 3.28. The van der Waals surface area contributed by atoms with Gasteiger partial charge >= 0.3 is 12.0 Å². The SMILES string of the molecule is CC1CN(C(=O)NCC2(C(=O)O)CCCCC2)CCN1C. The highest BCUT2D eigenvalue weighted by Gasteiger charge is 2.40. The number of carboxylic acid groups (broad SMARTS) is 1. The van der Waals surface area contributed by atoms with Crippen LogP contribution in [0.4, 0.5) is 4.79 Å². The quantitative estimate of drug-likeness (QED) is 0.825. The van der Waals surface area contributed by atoms with E-state index in [4.69, 9.17) is 0 Å². The molecule has 6 nitrogen and oxygen atoms in total. The van der Waals surface area contributed by atoms with Gasteiger partial charge in [-0.3, -0.25) is 4.79 Å². The number of likely N-dealkylation sites (N-methyl/N-ethyl adjacent to an activating group) is 1. The molecule has 0 aromatic rings. The lowest BCUT2D eigenvalue weighted by Crippen LogP contribution is -2.56. The number of nitrogens with one attached hydrogen (secondary N) is 1. The van der Waals surface area contributed by atoms with Crippen molar-refractivity contribution in [2.24, 2.45) is 5.41 Å². The van der Waals surface area contributed by atoms with E-state index in [1.54, 1.807) is 4.90 Å². The van der Waals surface area contributed by atoms with Gasteiger partial charge in [-0.25, -0.2) is 4.79 Å². The number of aliphatic carboxylic acids is 1. The summed E-state index contributed by atoms with van der Waals surface area (Å²) >= 11 is 0. The summed E-state index contributed by atoms with van der Waals surface area (Å²) < 4.78 is 0. The molecule has 2 rings (SSSR count). The minimum absolute atomic E-state index is 0.124. The van der Waals surface area contributed by atoms with E-state index in [-0.39, 0.29) is 12.6 Å². The van der Waals surface area contributed by atoms with Crippen LogP contribution in [0.2, 0.25) is 0 Å². The number of rotatable bonds is 3.